The minimum atomic E-state index is -0.278. The lowest BCUT2D eigenvalue weighted by molar-refractivity contribution is 0.0952. The molecule has 0 atom stereocenters. The lowest BCUT2D eigenvalue weighted by atomic mass is 10.2. The van der Waals surface area contributed by atoms with Crippen molar-refractivity contribution in [2.45, 2.75) is 6.54 Å². The fourth-order valence-electron chi connectivity index (χ4n) is 1.62. The molecule has 108 valence electrons. The van der Waals surface area contributed by atoms with E-state index in [4.69, 9.17) is 11.6 Å². The number of amides is 1. The molecule has 2 N–H and O–H groups in total. The number of aromatic nitrogens is 2. The molecule has 21 heavy (non-hydrogen) atoms. The van der Waals surface area contributed by atoms with Gasteiger partial charge < -0.3 is 10.6 Å². The number of nitrogens with one attached hydrogen (secondary N) is 2. The van der Waals surface area contributed by atoms with Crippen molar-refractivity contribution in [3.05, 3.63) is 65.6 Å². The number of carbonyl (C=O) groups is 1. The third-order valence-electron chi connectivity index (χ3n) is 2.71. The van der Waals surface area contributed by atoms with Gasteiger partial charge in [-0.25, -0.2) is 9.97 Å². The van der Waals surface area contributed by atoms with Gasteiger partial charge in [-0.1, -0.05) is 35.9 Å². The molecule has 2 rings (SSSR count). The molecule has 5 nitrogen and oxygen atoms in total. The highest BCUT2D eigenvalue weighted by atomic mass is 35.5. The van der Waals surface area contributed by atoms with Crippen LogP contribution in [0.2, 0.25) is 5.02 Å². The molecule has 0 saturated carbocycles. The van der Waals surface area contributed by atoms with Gasteiger partial charge in [-0.2, -0.15) is 0 Å². The Balaban J connectivity index is 1.95. The minimum absolute atomic E-state index is 0.264. The fraction of sp³-hybridized carbons (Fsp3) is 0.133. The fourth-order valence-corrected chi connectivity index (χ4v) is 1.82. The maximum absolute atomic E-state index is 11.6. The first-order valence-electron chi connectivity index (χ1n) is 6.39. The summed E-state index contributed by atoms with van der Waals surface area (Å²) >= 11 is 6.07. The summed E-state index contributed by atoms with van der Waals surface area (Å²) in [4.78, 5) is 19.9. The Hall–Kier alpha value is -2.40. The zero-order valence-corrected chi connectivity index (χ0v) is 12.1. The van der Waals surface area contributed by atoms with E-state index in [0.29, 0.717) is 23.9 Å². The van der Waals surface area contributed by atoms with E-state index in [-0.39, 0.29) is 11.6 Å². The molecule has 1 heterocycles. The van der Waals surface area contributed by atoms with Crippen LogP contribution in [0.3, 0.4) is 0 Å². The predicted octanol–water partition coefficient (Wildman–Crippen LogP) is 2.66. The third kappa shape index (κ3) is 4.29. The summed E-state index contributed by atoms with van der Waals surface area (Å²) in [5.74, 6) is 0.301. The zero-order valence-electron chi connectivity index (χ0n) is 11.3. The van der Waals surface area contributed by atoms with E-state index < -0.39 is 0 Å². The summed E-state index contributed by atoms with van der Waals surface area (Å²) in [6.07, 6.45) is 4.54. The van der Waals surface area contributed by atoms with Crippen LogP contribution >= 0.6 is 11.6 Å². The maximum Gasteiger partial charge on any atom is 0.271 e. The van der Waals surface area contributed by atoms with Crippen molar-refractivity contribution >= 4 is 23.3 Å². The topological polar surface area (TPSA) is 66.9 Å². The van der Waals surface area contributed by atoms with Crippen molar-refractivity contribution < 1.29 is 4.79 Å². The van der Waals surface area contributed by atoms with Crippen LogP contribution in [0, 0.1) is 0 Å². The molecule has 1 amide bonds. The largest absolute Gasteiger partial charge is 0.365 e. The van der Waals surface area contributed by atoms with Crippen LogP contribution in [0.15, 0.2) is 49.3 Å². The lowest BCUT2D eigenvalue weighted by Crippen LogP contribution is -2.24. The summed E-state index contributed by atoms with van der Waals surface area (Å²) in [5.41, 5.74) is 1.23. The van der Waals surface area contributed by atoms with Gasteiger partial charge in [0.15, 0.2) is 0 Å². The molecule has 0 radical (unpaired) electrons. The quantitative estimate of drug-likeness (QED) is 0.805. The van der Waals surface area contributed by atoms with Crippen LogP contribution in [0.1, 0.15) is 16.1 Å². The standard InChI is InChI=1S/C15H15ClN4O/c1-2-7-17-15(21)13-9-20-14(10-18-13)19-8-11-5-3-4-6-12(11)16/h2-6,9-10H,1,7-8H2,(H,17,21)(H,19,20). The summed E-state index contributed by atoms with van der Waals surface area (Å²) in [5, 5.41) is 6.43. The second-order valence-corrected chi connectivity index (χ2v) is 4.64. The Kier molecular flexibility index (Phi) is 5.29. The monoisotopic (exact) mass is 302 g/mol. The molecule has 0 bridgehead atoms. The number of hydrogen-bond donors (Lipinski definition) is 2. The van der Waals surface area contributed by atoms with Crippen molar-refractivity contribution in [2.24, 2.45) is 0 Å². The van der Waals surface area contributed by atoms with Crippen molar-refractivity contribution in [1.29, 1.82) is 0 Å². The summed E-state index contributed by atoms with van der Waals surface area (Å²) in [6, 6.07) is 7.56. The van der Waals surface area contributed by atoms with Gasteiger partial charge in [-0.15, -0.1) is 6.58 Å². The third-order valence-corrected chi connectivity index (χ3v) is 3.08. The van der Waals surface area contributed by atoms with Crippen molar-refractivity contribution in [3.8, 4) is 0 Å². The van der Waals surface area contributed by atoms with Crippen LogP contribution in [0.4, 0.5) is 5.82 Å². The van der Waals surface area contributed by atoms with Crippen molar-refractivity contribution in [2.75, 3.05) is 11.9 Å². The average Bonchev–Trinajstić information content (AvgIpc) is 2.52. The van der Waals surface area contributed by atoms with E-state index in [1.165, 1.54) is 12.4 Å². The Labute approximate surface area is 128 Å². The molecule has 0 spiro atoms. The number of rotatable bonds is 6. The molecular formula is C15H15ClN4O. The number of halogens is 1. The van der Waals surface area contributed by atoms with Gasteiger partial charge in [-0.3, -0.25) is 4.79 Å². The average molecular weight is 303 g/mol. The molecule has 1 aromatic carbocycles. The van der Waals surface area contributed by atoms with E-state index in [0.717, 1.165) is 5.56 Å². The Morgan fingerprint density at radius 3 is 2.76 bits per heavy atom. The van der Waals surface area contributed by atoms with Gasteiger partial charge in [0.2, 0.25) is 0 Å². The van der Waals surface area contributed by atoms with Crippen LogP contribution in [-0.2, 0) is 6.54 Å². The number of hydrogen-bond acceptors (Lipinski definition) is 4. The second kappa shape index (κ2) is 7.40. The molecule has 1 aromatic heterocycles. The van der Waals surface area contributed by atoms with Crippen molar-refractivity contribution in [3.63, 3.8) is 0 Å². The molecule has 0 aliphatic heterocycles. The smallest absolute Gasteiger partial charge is 0.271 e. The lowest BCUT2D eigenvalue weighted by Gasteiger charge is -2.07. The number of anilines is 1. The summed E-state index contributed by atoms with van der Waals surface area (Å²) in [7, 11) is 0. The van der Waals surface area contributed by atoms with Crippen LogP contribution in [0.5, 0.6) is 0 Å². The van der Waals surface area contributed by atoms with Crippen LogP contribution < -0.4 is 10.6 Å². The Bertz CT molecular complexity index is 628. The molecule has 0 aliphatic rings. The highest BCUT2D eigenvalue weighted by molar-refractivity contribution is 6.31. The molecule has 0 unspecified atom stereocenters. The van der Waals surface area contributed by atoms with Gasteiger partial charge in [0, 0.05) is 18.1 Å². The Morgan fingerprint density at radius 2 is 2.10 bits per heavy atom. The first kappa shape index (κ1) is 15.0. The van der Waals surface area contributed by atoms with E-state index >= 15 is 0 Å². The van der Waals surface area contributed by atoms with Crippen molar-refractivity contribution in [1.82, 2.24) is 15.3 Å². The summed E-state index contributed by atoms with van der Waals surface area (Å²) in [6.45, 7) is 4.46. The van der Waals surface area contributed by atoms with E-state index in [1.54, 1.807) is 6.08 Å². The van der Waals surface area contributed by atoms with Crippen LogP contribution in [0.25, 0.3) is 0 Å². The van der Waals surface area contributed by atoms with Gasteiger partial charge in [0.05, 0.1) is 12.4 Å². The zero-order chi connectivity index (χ0) is 15.1. The number of nitrogens with zero attached hydrogens (tertiary/aromatic N) is 2. The van der Waals surface area contributed by atoms with Gasteiger partial charge >= 0.3 is 0 Å². The van der Waals surface area contributed by atoms with E-state index in [2.05, 4.69) is 27.2 Å². The SMILES string of the molecule is C=CCNC(=O)c1cnc(NCc2ccccc2Cl)cn1. The highest BCUT2D eigenvalue weighted by Crippen LogP contribution is 2.15. The minimum Gasteiger partial charge on any atom is -0.365 e. The first-order valence-corrected chi connectivity index (χ1v) is 6.77. The van der Waals surface area contributed by atoms with E-state index in [9.17, 15) is 4.79 Å². The molecule has 0 fully saturated rings. The normalized spacial score (nSPS) is 9.95. The highest BCUT2D eigenvalue weighted by Gasteiger charge is 2.06. The van der Waals surface area contributed by atoms with Crippen LogP contribution in [-0.4, -0.2) is 22.4 Å². The molecule has 6 heteroatoms. The molecule has 0 aliphatic carbocycles. The number of benzene rings is 1. The second-order valence-electron chi connectivity index (χ2n) is 4.23. The predicted molar refractivity (Wildman–Crippen MR) is 83.3 cm³/mol. The van der Waals surface area contributed by atoms with Gasteiger partial charge in [0.1, 0.15) is 11.5 Å². The maximum atomic E-state index is 11.6. The summed E-state index contributed by atoms with van der Waals surface area (Å²) < 4.78 is 0. The molecule has 0 saturated heterocycles. The van der Waals surface area contributed by atoms with Gasteiger partial charge in [0.25, 0.3) is 5.91 Å². The molecule has 2 aromatic rings. The number of carbonyl (C=O) groups excluding carboxylic acids is 1. The Morgan fingerprint density at radius 1 is 1.29 bits per heavy atom. The molecular weight excluding hydrogens is 288 g/mol. The van der Waals surface area contributed by atoms with Gasteiger partial charge in [-0.05, 0) is 11.6 Å². The van der Waals surface area contributed by atoms with E-state index in [1.807, 2.05) is 24.3 Å². The first-order chi connectivity index (χ1) is 10.2.